The molecule has 0 fully saturated rings. The Morgan fingerprint density at radius 3 is 1.71 bits per heavy atom. The van der Waals surface area contributed by atoms with E-state index in [1.54, 1.807) is 0 Å². The lowest BCUT2D eigenvalue weighted by Crippen LogP contribution is -2.03. The molecule has 0 unspecified atom stereocenters. The van der Waals surface area contributed by atoms with Crippen molar-refractivity contribution in [1.29, 1.82) is 0 Å². The molecular formula is C54H32N4. The Balaban J connectivity index is 1.30. The second-order valence-corrected chi connectivity index (χ2v) is 15.3. The molecule has 0 aliphatic carbocycles. The van der Waals surface area contributed by atoms with Crippen molar-refractivity contribution in [1.82, 2.24) is 19.1 Å². The third-order valence-corrected chi connectivity index (χ3v) is 12.2. The highest BCUT2D eigenvalue weighted by atomic mass is 15.1. The standard InChI is InChI=1S/C54H32N4/c1-3-15-34(16-4-1)53-54(56-44-24-12-11-23-43(44)55-53)58-47-29-28-46-51-49-41(22-13-25-45(49)57(46)38-18-5-2-6-19-38)39-20-9-10-21-40(39)42-31-37(32-48(58)50(42)52(47)51)36-27-26-33-14-7-8-17-35(33)30-36/h1-32H. The van der Waals surface area contributed by atoms with E-state index in [0.717, 1.165) is 50.4 Å². The van der Waals surface area contributed by atoms with Crippen molar-refractivity contribution < 1.29 is 0 Å². The molecule has 268 valence electrons. The number of rotatable bonds is 4. The Morgan fingerprint density at radius 1 is 0.310 bits per heavy atom. The van der Waals surface area contributed by atoms with Crippen LogP contribution in [0, 0.1) is 0 Å². The number of fused-ring (bicyclic) bond motifs is 5. The summed E-state index contributed by atoms with van der Waals surface area (Å²) in [6.07, 6.45) is 0. The van der Waals surface area contributed by atoms with Crippen molar-refractivity contribution in [2.24, 2.45) is 0 Å². The highest BCUT2D eigenvalue weighted by Crippen LogP contribution is 2.49. The van der Waals surface area contributed by atoms with Crippen LogP contribution in [0.3, 0.4) is 0 Å². The lowest BCUT2D eigenvalue weighted by molar-refractivity contribution is 1.08. The zero-order chi connectivity index (χ0) is 37.9. The van der Waals surface area contributed by atoms with Crippen LogP contribution >= 0.6 is 0 Å². The van der Waals surface area contributed by atoms with Gasteiger partial charge in [-0.3, -0.25) is 4.57 Å². The van der Waals surface area contributed by atoms with Crippen LogP contribution in [-0.4, -0.2) is 19.1 Å². The van der Waals surface area contributed by atoms with Crippen molar-refractivity contribution in [3.8, 4) is 33.9 Å². The molecule has 0 atom stereocenters. The van der Waals surface area contributed by atoms with Gasteiger partial charge < -0.3 is 4.57 Å². The summed E-state index contributed by atoms with van der Waals surface area (Å²) < 4.78 is 4.85. The zero-order valence-electron chi connectivity index (χ0n) is 31.3. The zero-order valence-corrected chi connectivity index (χ0v) is 31.3. The van der Waals surface area contributed by atoms with Gasteiger partial charge in [0.1, 0.15) is 5.69 Å². The van der Waals surface area contributed by atoms with Gasteiger partial charge >= 0.3 is 0 Å². The van der Waals surface area contributed by atoms with Gasteiger partial charge in [-0.05, 0) is 104 Å². The van der Waals surface area contributed by atoms with E-state index in [9.17, 15) is 0 Å². The first-order valence-electron chi connectivity index (χ1n) is 19.8. The SMILES string of the molecule is c1ccc(-c2nc3ccccc3nc2-n2c3cc(-c4ccc5ccccc5c4)cc4c5ccccc5c5cccc6c5c5c(c43)c2ccc5n6-c2ccccc2)cc1. The van der Waals surface area contributed by atoms with E-state index in [-0.39, 0.29) is 0 Å². The maximum absolute atomic E-state index is 5.54. The molecule has 0 spiro atoms. The number of para-hydroxylation sites is 3. The van der Waals surface area contributed by atoms with Crippen LogP contribution in [0.1, 0.15) is 0 Å². The first-order valence-corrected chi connectivity index (χ1v) is 19.8. The monoisotopic (exact) mass is 736 g/mol. The van der Waals surface area contributed by atoms with Crippen molar-refractivity contribution >= 4 is 87.0 Å². The molecule has 0 aliphatic rings. The van der Waals surface area contributed by atoms with Gasteiger partial charge in [-0.15, -0.1) is 0 Å². The maximum atomic E-state index is 5.54. The molecule has 13 rings (SSSR count). The smallest absolute Gasteiger partial charge is 0.165 e. The van der Waals surface area contributed by atoms with E-state index < -0.39 is 0 Å². The van der Waals surface area contributed by atoms with E-state index in [1.165, 1.54) is 70.5 Å². The molecule has 0 radical (unpaired) electrons. The van der Waals surface area contributed by atoms with Crippen LogP contribution in [0.4, 0.5) is 0 Å². The van der Waals surface area contributed by atoms with Gasteiger partial charge in [-0.1, -0.05) is 133 Å². The highest BCUT2D eigenvalue weighted by molar-refractivity contribution is 6.39. The van der Waals surface area contributed by atoms with Crippen LogP contribution in [-0.2, 0) is 0 Å². The van der Waals surface area contributed by atoms with Crippen molar-refractivity contribution in [3.63, 3.8) is 0 Å². The molecule has 0 amide bonds. The largest absolute Gasteiger partial charge is 0.309 e. The minimum atomic E-state index is 0.811. The molecule has 58 heavy (non-hydrogen) atoms. The molecule has 0 bridgehead atoms. The van der Waals surface area contributed by atoms with Gasteiger partial charge in [0.2, 0.25) is 0 Å². The predicted octanol–water partition coefficient (Wildman–Crippen LogP) is 14.1. The van der Waals surface area contributed by atoms with E-state index in [2.05, 4.69) is 191 Å². The van der Waals surface area contributed by atoms with Crippen LogP contribution in [0.25, 0.3) is 121 Å². The molecule has 0 saturated heterocycles. The van der Waals surface area contributed by atoms with Crippen molar-refractivity contribution in [3.05, 3.63) is 194 Å². The first-order chi connectivity index (χ1) is 28.8. The Morgan fingerprint density at radius 2 is 0.914 bits per heavy atom. The van der Waals surface area contributed by atoms with Gasteiger partial charge in [0, 0.05) is 32.8 Å². The Kier molecular flexibility index (Phi) is 6.41. The minimum absolute atomic E-state index is 0.811. The summed E-state index contributed by atoms with van der Waals surface area (Å²) in [6, 6.07) is 70.2. The summed E-state index contributed by atoms with van der Waals surface area (Å²) in [5.74, 6) is 0.811. The van der Waals surface area contributed by atoms with Gasteiger partial charge in [-0.25, -0.2) is 9.97 Å². The van der Waals surface area contributed by atoms with E-state index >= 15 is 0 Å². The van der Waals surface area contributed by atoms with Crippen molar-refractivity contribution in [2.75, 3.05) is 0 Å². The average molecular weight is 737 g/mol. The van der Waals surface area contributed by atoms with E-state index in [0.29, 0.717) is 0 Å². The molecule has 0 aliphatic heterocycles. The molecule has 13 aromatic rings. The molecule has 0 N–H and O–H groups in total. The number of benzene rings is 9. The fourth-order valence-electron chi connectivity index (χ4n) is 9.72. The lowest BCUT2D eigenvalue weighted by atomic mass is 9.92. The molecule has 4 nitrogen and oxygen atoms in total. The minimum Gasteiger partial charge on any atom is -0.309 e. The summed E-state index contributed by atoms with van der Waals surface area (Å²) in [7, 11) is 0. The summed E-state index contributed by atoms with van der Waals surface area (Å²) in [5.41, 5.74) is 11.6. The molecule has 4 heteroatoms. The van der Waals surface area contributed by atoms with Crippen LogP contribution < -0.4 is 0 Å². The number of hydrogen-bond acceptors (Lipinski definition) is 2. The summed E-state index contributed by atoms with van der Waals surface area (Å²) in [4.78, 5) is 10.9. The summed E-state index contributed by atoms with van der Waals surface area (Å²) in [5, 5.41) is 12.3. The fourth-order valence-corrected chi connectivity index (χ4v) is 9.72. The summed E-state index contributed by atoms with van der Waals surface area (Å²) in [6.45, 7) is 0. The van der Waals surface area contributed by atoms with Gasteiger partial charge in [-0.2, -0.15) is 0 Å². The van der Waals surface area contributed by atoms with Gasteiger partial charge in [0.25, 0.3) is 0 Å². The Hall–Kier alpha value is -7.82. The Labute approximate surface area is 332 Å². The number of aromatic nitrogens is 4. The fraction of sp³-hybridized carbons (Fsp3) is 0. The normalized spacial score (nSPS) is 12.1. The molecule has 3 heterocycles. The van der Waals surface area contributed by atoms with Crippen molar-refractivity contribution in [2.45, 2.75) is 0 Å². The molecule has 0 saturated carbocycles. The molecule has 3 aromatic heterocycles. The average Bonchev–Trinajstić information content (AvgIpc) is 3.81. The maximum Gasteiger partial charge on any atom is 0.165 e. The quantitative estimate of drug-likeness (QED) is 0.180. The van der Waals surface area contributed by atoms with Gasteiger partial charge in [0.05, 0.1) is 33.1 Å². The van der Waals surface area contributed by atoms with Crippen LogP contribution in [0.15, 0.2) is 194 Å². The van der Waals surface area contributed by atoms with E-state index in [4.69, 9.17) is 9.97 Å². The second-order valence-electron chi connectivity index (χ2n) is 15.3. The topological polar surface area (TPSA) is 35.6 Å². The third kappa shape index (κ3) is 4.34. The van der Waals surface area contributed by atoms with E-state index in [1.807, 2.05) is 12.1 Å². The highest BCUT2D eigenvalue weighted by Gasteiger charge is 2.27. The number of nitrogens with zero attached hydrogens (tertiary/aromatic N) is 4. The predicted molar refractivity (Wildman–Crippen MR) is 243 cm³/mol. The van der Waals surface area contributed by atoms with Crippen LogP contribution in [0.2, 0.25) is 0 Å². The Bertz CT molecular complexity index is 3780. The molecular weight excluding hydrogens is 705 g/mol. The third-order valence-electron chi connectivity index (χ3n) is 12.2. The number of hydrogen-bond donors (Lipinski definition) is 0. The molecule has 10 aromatic carbocycles. The van der Waals surface area contributed by atoms with Crippen LogP contribution in [0.5, 0.6) is 0 Å². The second kappa shape index (κ2) is 11.8. The summed E-state index contributed by atoms with van der Waals surface area (Å²) >= 11 is 0. The lowest BCUT2D eigenvalue weighted by Gasteiger charge is -2.15. The first kappa shape index (κ1) is 31.4. The van der Waals surface area contributed by atoms with Gasteiger partial charge in [0.15, 0.2) is 5.82 Å².